The molecule has 1 N–H and O–H groups in total. The summed E-state index contributed by atoms with van der Waals surface area (Å²) in [6, 6.07) is 16.2. The largest absolute Gasteiger partial charge is 0.463 e. The normalized spacial score (nSPS) is 11.9. The number of ether oxygens (including phenoxy) is 1. The second-order valence-electron chi connectivity index (χ2n) is 6.19. The standard InChI is InChI=1S/C21H21N5O3/c1-2-29-20(27)13-10-16-8-11-18(12-9-16)23-21(28)19(26-15-22-24-25-26)14-17-6-4-3-5-7-17/h3-13,15,19H,2,14H2,1H3,(H,23,28)/b13-10+. The lowest BCUT2D eigenvalue weighted by Crippen LogP contribution is -2.28. The lowest BCUT2D eigenvalue weighted by Gasteiger charge is -2.16. The van der Waals surface area contributed by atoms with E-state index >= 15 is 0 Å². The second kappa shape index (κ2) is 9.93. The van der Waals surface area contributed by atoms with E-state index in [1.807, 2.05) is 30.3 Å². The summed E-state index contributed by atoms with van der Waals surface area (Å²) in [7, 11) is 0. The lowest BCUT2D eigenvalue weighted by atomic mass is 10.1. The molecule has 0 saturated carbocycles. The Hall–Kier alpha value is -3.81. The van der Waals surface area contributed by atoms with E-state index in [-0.39, 0.29) is 5.91 Å². The minimum atomic E-state index is -0.587. The van der Waals surface area contributed by atoms with Crippen molar-refractivity contribution in [2.24, 2.45) is 0 Å². The third kappa shape index (κ3) is 5.83. The molecule has 0 aliphatic rings. The number of nitrogens with zero attached hydrogens (tertiary/aromatic N) is 4. The molecule has 3 aromatic rings. The number of tetrazole rings is 1. The van der Waals surface area contributed by atoms with Crippen LogP contribution in [0.1, 0.15) is 24.1 Å². The number of hydrogen-bond acceptors (Lipinski definition) is 6. The van der Waals surface area contributed by atoms with Crippen molar-refractivity contribution in [2.45, 2.75) is 19.4 Å². The number of aromatic nitrogens is 4. The molecule has 3 rings (SSSR count). The molecule has 2 aromatic carbocycles. The Morgan fingerprint density at radius 3 is 2.55 bits per heavy atom. The fourth-order valence-electron chi connectivity index (χ4n) is 2.71. The van der Waals surface area contributed by atoms with Crippen LogP contribution in [-0.4, -0.2) is 38.7 Å². The molecule has 1 aromatic heterocycles. The summed E-state index contributed by atoms with van der Waals surface area (Å²) in [5.41, 5.74) is 2.45. The maximum absolute atomic E-state index is 12.9. The number of benzene rings is 2. The number of hydrogen-bond donors (Lipinski definition) is 1. The van der Waals surface area contributed by atoms with Crippen molar-refractivity contribution >= 4 is 23.6 Å². The van der Waals surface area contributed by atoms with Crippen molar-refractivity contribution < 1.29 is 14.3 Å². The Balaban J connectivity index is 1.68. The smallest absolute Gasteiger partial charge is 0.330 e. The van der Waals surface area contributed by atoms with E-state index in [2.05, 4.69) is 20.8 Å². The SMILES string of the molecule is CCOC(=O)/C=C/c1ccc(NC(=O)C(Cc2ccccc2)n2cnnn2)cc1. The topological polar surface area (TPSA) is 99.0 Å². The van der Waals surface area contributed by atoms with Crippen molar-refractivity contribution in [3.63, 3.8) is 0 Å². The molecule has 8 heteroatoms. The van der Waals surface area contributed by atoms with Crippen LogP contribution >= 0.6 is 0 Å². The van der Waals surface area contributed by atoms with E-state index in [1.165, 1.54) is 17.1 Å². The third-order valence-electron chi connectivity index (χ3n) is 4.14. The van der Waals surface area contributed by atoms with Crippen molar-refractivity contribution in [3.05, 3.63) is 78.1 Å². The number of nitrogens with one attached hydrogen (secondary N) is 1. The van der Waals surface area contributed by atoms with E-state index in [9.17, 15) is 9.59 Å². The molecule has 1 amide bonds. The van der Waals surface area contributed by atoms with Gasteiger partial charge in [-0.05, 0) is 46.7 Å². The van der Waals surface area contributed by atoms with Crippen LogP contribution in [0.4, 0.5) is 5.69 Å². The van der Waals surface area contributed by atoms with Gasteiger partial charge in [0.25, 0.3) is 0 Å². The van der Waals surface area contributed by atoms with Gasteiger partial charge in [-0.2, -0.15) is 0 Å². The van der Waals surface area contributed by atoms with Gasteiger partial charge < -0.3 is 10.1 Å². The highest BCUT2D eigenvalue weighted by atomic mass is 16.5. The zero-order valence-corrected chi connectivity index (χ0v) is 15.9. The van der Waals surface area contributed by atoms with Crippen LogP contribution in [0.5, 0.6) is 0 Å². The van der Waals surface area contributed by atoms with Gasteiger partial charge in [0.05, 0.1) is 6.61 Å². The molecule has 0 aliphatic carbocycles. The van der Waals surface area contributed by atoms with Crippen LogP contribution in [0.25, 0.3) is 6.08 Å². The molecule has 148 valence electrons. The predicted molar refractivity (Wildman–Crippen MR) is 108 cm³/mol. The molecule has 0 spiro atoms. The highest BCUT2D eigenvalue weighted by Crippen LogP contribution is 2.17. The molecule has 0 radical (unpaired) electrons. The van der Waals surface area contributed by atoms with Crippen LogP contribution in [0, 0.1) is 0 Å². The van der Waals surface area contributed by atoms with Crippen LogP contribution in [0.15, 0.2) is 67.0 Å². The van der Waals surface area contributed by atoms with E-state index in [1.54, 1.807) is 37.3 Å². The molecule has 1 unspecified atom stereocenters. The fraction of sp³-hybridized carbons (Fsp3) is 0.190. The van der Waals surface area contributed by atoms with E-state index in [4.69, 9.17) is 4.74 Å². The van der Waals surface area contributed by atoms with Crippen LogP contribution in [0.2, 0.25) is 0 Å². The van der Waals surface area contributed by atoms with Crippen molar-refractivity contribution in [1.29, 1.82) is 0 Å². The molecular formula is C21H21N5O3. The third-order valence-corrected chi connectivity index (χ3v) is 4.14. The first-order valence-electron chi connectivity index (χ1n) is 9.18. The minimum Gasteiger partial charge on any atom is -0.463 e. The summed E-state index contributed by atoms with van der Waals surface area (Å²) in [5.74, 6) is -0.619. The average Bonchev–Trinajstić information content (AvgIpc) is 3.27. The van der Waals surface area contributed by atoms with Gasteiger partial charge in [-0.1, -0.05) is 42.5 Å². The molecular weight excluding hydrogens is 370 g/mol. The van der Waals surface area contributed by atoms with Gasteiger partial charge in [-0.25, -0.2) is 9.48 Å². The van der Waals surface area contributed by atoms with Crippen molar-refractivity contribution in [3.8, 4) is 0 Å². The Morgan fingerprint density at radius 1 is 1.14 bits per heavy atom. The molecule has 0 fully saturated rings. The molecule has 0 bridgehead atoms. The zero-order valence-electron chi connectivity index (χ0n) is 15.9. The minimum absolute atomic E-state index is 0.226. The summed E-state index contributed by atoms with van der Waals surface area (Å²) in [4.78, 5) is 24.3. The summed E-state index contributed by atoms with van der Waals surface area (Å²) >= 11 is 0. The maximum atomic E-state index is 12.9. The number of rotatable bonds is 8. The molecule has 29 heavy (non-hydrogen) atoms. The Morgan fingerprint density at radius 2 is 1.90 bits per heavy atom. The van der Waals surface area contributed by atoms with Crippen molar-refractivity contribution in [2.75, 3.05) is 11.9 Å². The van der Waals surface area contributed by atoms with E-state index in [0.29, 0.717) is 18.7 Å². The molecule has 8 nitrogen and oxygen atoms in total. The highest BCUT2D eigenvalue weighted by Gasteiger charge is 2.22. The van der Waals surface area contributed by atoms with E-state index < -0.39 is 12.0 Å². The molecule has 0 aliphatic heterocycles. The van der Waals surface area contributed by atoms with Gasteiger partial charge in [0.1, 0.15) is 12.4 Å². The van der Waals surface area contributed by atoms with Crippen LogP contribution in [-0.2, 0) is 20.7 Å². The maximum Gasteiger partial charge on any atom is 0.330 e. The van der Waals surface area contributed by atoms with Gasteiger partial charge >= 0.3 is 5.97 Å². The second-order valence-corrected chi connectivity index (χ2v) is 6.19. The first kappa shape index (κ1) is 19.9. The molecule has 1 heterocycles. The zero-order chi connectivity index (χ0) is 20.5. The van der Waals surface area contributed by atoms with Gasteiger partial charge in [0.2, 0.25) is 5.91 Å². The Kier molecular flexibility index (Phi) is 6.83. The fourth-order valence-corrected chi connectivity index (χ4v) is 2.71. The summed E-state index contributed by atoms with van der Waals surface area (Å²) in [6.45, 7) is 2.09. The van der Waals surface area contributed by atoms with E-state index in [0.717, 1.165) is 11.1 Å². The first-order valence-corrected chi connectivity index (χ1v) is 9.18. The Bertz CT molecular complexity index is 954. The predicted octanol–water partition coefficient (Wildman–Crippen LogP) is 2.67. The van der Waals surface area contributed by atoms with Gasteiger partial charge in [-0.3, -0.25) is 4.79 Å². The highest BCUT2D eigenvalue weighted by molar-refractivity contribution is 5.94. The van der Waals surface area contributed by atoms with Gasteiger partial charge in [-0.15, -0.1) is 5.10 Å². The molecule has 0 saturated heterocycles. The molecule has 1 atom stereocenters. The Labute approximate surface area is 168 Å². The number of esters is 1. The monoisotopic (exact) mass is 391 g/mol. The number of amides is 1. The quantitative estimate of drug-likeness (QED) is 0.468. The average molecular weight is 391 g/mol. The summed E-state index contributed by atoms with van der Waals surface area (Å²) in [5, 5.41) is 14.1. The summed E-state index contributed by atoms with van der Waals surface area (Å²) in [6.07, 6.45) is 4.90. The number of carbonyl (C=O) groups excluding carboxylic acids is 2. The van der Waals surface area contributed by atoms with Crippen molar-refractivity contribution in [1.82, 2.24) is 20.2 Å². The van der Waals surface area contributed by atoms with Gasteiger partial charge in [0, 0.05) is 18.2 Å². The summed E-state index contributed by atoms with van der Waals surface area (Å²) < 4.78 is 6.29. The van der Waals surface area contributed by atoms with Crippen LogP contribution in [0.3, 0.4) is 0 Å². The van der Waals surface area contributed by atoms with Gasteiger partial charge in [0.15, 0.2) is 0 Å². The first-order chi connectivity index (χ1) is 14.2. The van der Waals surface area contributed by atoms with Crippen LogP contribution < -0.4 is 5.32 Å². The lowest BCUT2D eigenvalue weighted by molar-refractivity contribution is -0.137. The number of anilines is 1. The number of carbonyl (C=O) groups is 2.